The van der Waals surface area contributed by atoms with Crippen LogP contribution in [0, 0.1) is 6.92 Å². The molecule has 0 spiro atoms. The van der Waals surface area contributed by atoms with Gasteiger partial charge in [-0.15, -0.1) is 0 Å². The highest BCUT2D eigenvalue weighted by Gasteiger charge is 2.32. The summed E-state index contributed by atoms with van der Waals surface area (Å²) in [6.07, 6.45) is 7.76. The number of allylic oxidation sites excluding steroid dienone is 2. The van der Waals surface area contributed by atoms with Crippen LogP contribution in [0.2, 0.25) is 0 Å². The zero-order valence-corrected chi connectivity index (χ0v) is 23.9. The number of aromatic nitrogens is 1. The number of para-hydroxylation sites is 1. The number of anilines is 1. The van der Waals surface area contributed by atoms with E-state index in [1.165, 1.54) is 11.1 Å². The first-order valence-corrected chi connectivity index (χ1v) is 13.7. The van der Waals surface area contributed by atoms with Gasteiger partial charge in [0.15, 0.2) is 0 Å². The van der Waals surface area contributed by atoms with Gasteiger partial charge in [-0.05, 0) is 54.8 Å². The maximum Gasteiger partial charge on any atom is 0.126 e. The molecule has 200 valence electrons. The molecule has 1 atom stereocenters. The molecule has 0 radical (unpaired) electrons. The zero-order chi connectivity index (χ0) is 27.5. The Kier molecular flexibility index (Phi) is 10.6. The lowest BCUT2D eigenvalue weighted by atomic mass is 10.1. The molecule has 0 fully saturated rings. The molecule has 0 amide bonds. The summed E-state index contributed by atoms with van der Waals surface area (Å²) in [4.78, 5) is 7.28. The zero-order valence-electron chi connectivity index (χ0n) is 23.9. The number of hydrogen-bond acceptors (Lipinski definition) is 5. The fourth-order valence-corrected chi connectivity index (χ4v) is 4.41. The SMILES string of the molecule is CC.CC.CCC1=CC2NC(c3ccc(C)cc3)=C(c3cccc(NCc4ccccc4OC)n3)N2C=C1. The number of ether oxygens (including phenoxy) is 1. The average molecular weight is 511 g/mol. The summed E-state index contributed by atoms with van der Waals surface area (Å²) >= 11 is 0. The van der Waals surface area contributed by atoms with Gasteiger partial charge in [0.1, 0.15) is 17.7 Å². The molecule has 1 unspecified atom stereocenters. The summed E-state index contributed by atoms with van der Waals surface area (Å²) in [6, 6.07) is 22.8. The van der Waals surface area contributed by atoms with Crippen LogP contribution in [0.25, 0.3) is 11.4 Å². The third-order valence-electron chi connectivity index (χ3n) is 6.30. The van der Waals surface area contributed by atoms with Crippen LogP contribution < -0.4 is 15.4 Å². The van der Waals surface area contributed by atoms with Crippen molar-refractivity contribution in [2.75, 3.05) is 12.4 Å². The Morgan fingerprint density at radius 3 is 2.39 bits per heavy atom. The van der Waals surface area contributed by atoms with E-state index in [1.807, 2.05) is 52.0 Å². The number of nitrogens with one attached hydrogen (secondary N) is 2. The maximum atomic E-state index is 5.49. The summed E-state index contributed by atoms with van der Waals surface area (Å²) in [5, 5.41) is 7.20. The van der Waals surface area contributed by atoms with Crippen LogP contribution >= 0.6 is 0 Å². The minimum atomic E-state index is 0.0817. The Balaban J connectivity index is 0.000000956. The fourth-order valence-electron chi connectivity index (χ4n) is 4.41. The van der Waals surface area contributed by atoms with E-state index in [9.17, 15) is 0 Å². The first-order chi connectivity index (χ1) is 18.7. The molecular formula is C33H42N4O. The molecule has 38 heavy (non-hydrogen) atoms. The summed E-state index contributed by atoms with van der Waals surface area (Å²) in [5.41, 5.74) is 7.93. The molecule has 5 nitrogen and oxygen atoms in total. The monoisotopic (exact) mass is 510 g/mol. The second kappa shape index (κ2) is 14.1. The largest absolute Gasteiger partial charge is 0.496 e. The van der Waals surface area contributed by atoms with Crippen LogP contribution in [0.3, 0.4) is 0 Å². The first kappa shape index (κ1) is 28.6. The van der Waals surface area contributed by atoms with Gasteiger partial charge in [0.25, 0.3) is 0 Å². The van der Waals surface area contributed by atoms with Gasteiger partial charge in [-0.2, -0.15) is 0 Å². The Hall–Kier alpha value is -3.99. The Bertz CT molecular complexity index is 1270. The third kappa shape index (κ3) is 6.46. The van der Waals surface area contributed by atoms with E-state index in [0.717, 1.165) is 46.2 Å². The molecule has 1 aromatic heterocycles. The quantitative estimate of drug-likeness (QED) is 0.337. The van der Waals surface area contributed by atoms with Crippen LogP contribution in [0.4, 0.5) is 5.82 Å². The second-order valence-electron chi connectivity index (χ2n) is 8.57. The predicted molar refractivity (Wildman–Crippen MR) is 162 cm³/mol. The van der Waals surface area contributed by atoms with E-state index in [4.69, 9.17) is 9.72 Å². The number of hydrogen-bond donors (Lipinski definition) is 2. The van der Waals surface area contributed by atoms with E-state index >= 15 is 0 Å². The molecule has 3 heterocycles. The van der Waals surface area contributed by atoms with Crippen LogP contribution in [0.5, 0.6) is 5.75 Å². The van der Waals surface area contributed by atoms with Gasteiger partial charge < -0.3 is 20.3 Å². The molecule has 0 saturated heterocycles. The second-order valence-corrected chi connectivity index (χ2v) is 8.57. The van der Waals surface area contributed by atoms with E-state index in [-0.39, 0.29) is 6.17 Å². The van der Waals surface area contributed by atoms with Gasteiger partial charge in [0, 0.05) is 18.3 Å². The lowest BCUT2D eigenvalue weighted by Gasteiger charge is -2.27. The lowest BCUT2D eigenvalue weighted by Crippen LogP contribution is -2.33. The Labute approximate surface area is 229 Å². The van der Waals surface area contributed by atoms with Crippen molar-refractivity contribution in [1.29, 1.82) is 0 Å². The minimum Gasteiger partial charge on any atom is -0.496 e. The number of aryl methyl sites for hydroxylation is 1. The number of benzene rings is 2. The van der Waals surface area contributed by atoms with Gasteiger partial charge in [-0.25, -0.2) is 4.98 Å². The highest BCUT2D eigenvalue weighted by molar-refractivity contribution is 5.91. The molecule has 0 bridgehead atoms. The maximum absolute atomic E-state index is 5.49. The molecule has 2 aromatic carbocycles. The van der Waals surface area contributed by atoms with Crippen molar-refractivity contribution in [1.82, 2.24) is 15.2 Å². The number of pyridine rings is 1. The van der Waals surface area contributed by atoms with E-state index < -0.39 is 0 Å². The summed E-state index contributed by atoms with van der Waals surface area (Å²) in [5.74, 6) is 1.70. The molecule has 5 heteroatoms. The van der Waals surface area contributed by atoms with Gasteiger partial charge in [0.2, 0.25) is 0 Å². The molecule has 0 saturated carbocycles. The highest BCUT2D eigenvalue weighted by Crippen LogP contribution is 2.37. The third-order valence-corrected chi connectivity index (χ3v) is 6.30. The van der Waals surface area contributed by atoms with E-state index in [2.05, 4.69) is 90.2 Å². The molecule has 2 aliphatic rings. The van der Waals surface area contributed by atoms with Crippen molar-refractivity contribution in [2.45, 2.75) is 60.7 Å². The molecule has 2 aliphatic heterocycles. The standard InChI is InChI=1S/C29H30N4O.2C2H6/c1-4-21-16-17-33-27(18-21)32-28(22-14-12-20(2)13-15-22)29(33)24-9-7-11-26(31-24)30-19-23-8-5-6-10-25(23)34-3;2*1-2/h5-18,27,32H,4,19H2,1-3H3,(H,30,31);2*1-2H3. The van der Waals surface area contributed by atoms with Crippen LogP contribution in [0.1, 0.15) is 63.4 Å². The highest BCUT2D eigenvalue weighted by atomic mass is 16.5. The molecular weight excluding hydrogens is 468 g/mol. The van der Waals surface area contributed by atoms with E-state index in [0.29, 0.717) is 6.54 Å². The summed E-state index contributed by atoms with van der Waals surface area (Å²) in [7, 11) is 1.70. The Morgan fingerprint density at radius 2 is 1.68 bits per heavy atom. The summed E-state index contributed by atoms with van der Waals surface area (Å²) in [6.45, 7) is 12.9. The normalized spacial score (nSPS) is 15.3. The van der Waals surface area contributed by atoms with Crippen molar-refractivity contribution in [3.8, 4) is 5.75 Å². The van der Waals surface area contributed by atoms with Gasteiger partial charge in [-0.1, -0.05) is 88.7 Å². The average Bonchev–Trinajstić information content (AvgIpc) is 3.37. The predicted octanol–water partition coefficient (Wildman–Crippen LogP) is 7.98. The van der Waals surface area contributed by atoms with Crippen molar-refractivity contribution in [3.05, 3.63) is 113 Å². The van der Waals surface area contributed by atoms with Crippen LogP contribution in [0.15, 0.2) is 90.7 Å². The first-order valence-electron chi connectivity index (χ1n) is 13.7. The van der Waals surface area contributed by atoms with E-state index in [1.54, 1.807) is 7.11 Å². The smallest absolute Gasteiger partial charge is 0.126 e. The fraction of sp³-hybridized carbons (Fsp3) is 0.303. The number of fused-ring (bicyclic) bond motifs is 1. The minimum absolute atomic E-state index is 0.0817. The topological polar surface area (TPSA) is 49.4 Å². The van der Waals surface area contributed by atoms with Crippen LogP contribution in [-0.4, -0.2) is 23.2 Å². The number of nitrogens with zero attached hydrogens (tertiary/aromatic N) is 2. The van der Waals surface area contributed by atoms with Gasteiger partial charge in [-0.3, -0.25) is 0 Å². The van der Waals surface area contributed by atoms with Crippen LogP contribution in [-0.2, 0) is 6.54 Å². The molecule has 2 N–H and O–H groups in total. The molecule has 3 aromatic rings. The van der Waals surface area contributed by atoms with Crippen molar-refractivity contribution < 1.29 is 4.74 Å². The van der Waals surface area contributed by atoms with Crippen molar-refractivity contribution in [2.24, 2.45) is 0 Å². The number of rotatable bonds is 7. The summed E-state index contributed by atoms with van der Waals surface area (Å²) < 4.78 is 5.49. The van der Waals surface area contributed by atoms with Crippen molar-refractivity contribution >= 4 is 17.2 Å². The molecule has 5 rings (SSSR count). The lowest BCUT2D eigenvalue weighted by molar-refractivity contribution is 0.410. The number of methoxy groups -OCH3 is 1. The van der Waals surface area contributed by atoms with Crippen molar-refractivity contribution in [3.63, 3.8) is 0 Å². The molecule has 0 aliphatic carbocycles. The Morgan fingerprint density at radius 1 is 0.947 bits per heavy atom. The van der Waals surface area contributed by atoms with Gasteiger partial charge >= 0.3 is 0 Å². The van der Waals surface area contributed by atoms with Gasteiger partial charge in [0.05, 0.1) is 24.2 Å².